The van der Waals surface area contributed by atoms with E-state index in [0.29, 0.717) is 6.08 Å². The van der Waals surface area contributed by atoms with Gasteiger partial charge in [-0.15, -0.1) is 0 Å². The number of carbonyl (C=O) groups is 1. The summed E-state index contributed by atoms with van der Waals surface area (Å²) in [7, 11) is 0. The summed E-state index contributed by atoms with van der Waals surface area (Å²) >= 11 is 5.52. The van der Waals surface area contributed by atoms with Gasteiger partial charge in [0.05, 0.1) is 5.03 Å². The largest absolute Gasteiger partial charge is 0.478 e. The van der Waals surface area contributed by atoms with Crippen molar-refractivity contribution < 1.29 is 18.7 Å². The standard InChI is InChI=1S/C9H5ClF2O2/c10-6(4-9(13)14)5-1-2-7(11)8(12)3-5/h1-4H,(H,13,14)/b6-4+. The smallest absolute Gasteiger partial charge is 0.329 e. The maximum Gasteiger partial charge on any atom is 0.329 e. The van der Waals surface area contributed by atoms with E-state index in [1.54, 1.807) is 0 Å². The molecule has 0 fully saturated rings. The van der Waals surface area contributed by atoms with Gasteiger partial charge in [-0.05, 0) is 17.7 Å². The van der Waals surface area contributed by atoms with E-state index >= 15 is 0 Å². The molecule has 1 N–H and O–H groups in total. The minimum atomic E-state index is -1.25. The number of carboxylic acids is 1. The van der Waals surface area contributed by atoms with Gasteiger partial charge >= 0.3 is 5.97 Å². The average molecular weight is 219 g/mol. The van der Waals surface area contributed by atoms with Gasteiger partial charge in [0.25, 0.3) is 0 Å². The van der Waals surface area contributed by atoms with Gasteiger partial charge in [-0.1, -0.05) is 17.7 Å². The lowest BCUT2D eigenvalue weighted by atomic mass is 10.2. The Hall–Kier alpha value is -1.42. The van der Waals surface area contributed by atoms with Gasteiger partial charge in [0.2, 0.25) is 0 Å². The van der Waals surface area contributed by atoms with Gasteiger partial charge in [0.1, 0.15) is 0 Å². The number of rotatable bonds is 2. The van der Waals surface area contributed by atoms with Crippen LogP contribution in [0.4, 0.5) is 8.78 Å². The van der Waals surface area contributed by atoms with Gasteiger partial charge in [0.15, 0.2) is 11.6 Å². The van der Waals surface area contributed by atoms with Crippen LogP contribution in [0.1, 0.15) is 5.56 Å². The third-order valence-electron chi connectivity index (χ3n) is 1.45. The van der Waals surface area contributed by atoms with Gasteiger partial charge in [0, 0.05) is 6.08 Å². The van der Waals surface area contributed by atoms with E-state index in [2.05, 4.69) is 0 Å². The SMILES string of the molecule is O=C(O)/C=C(/Cl)c1ccc(F)c(F)c1. The molecule has 0 aromatic heterocycles. The Labute approximate surface area is 83.4 Å². The van der Waals surface area contributed by atoms with Crippen molar-refractivity contribution in [2.24, 2.45) is 0 Å². The van der Waals surface area contributed by atoms with Crippen LogP contribution < -0.4 is 0 Å². The summed E-state index contributed by atoms with van der Waals surface area (Å²) in [5.74, 6) is -3.33. The average Bonchev–Trinajstić information content (AvgIpc) is 2.08. The zero-order valence-electron chi connectivity index (χ0n) is 6.80. The molecule has 0 aliphatic rings. The predicted molar refractivity (Wildman–Crippen MR) is 47.8 cm³/mol. The van der Waals surface area contributed by atoms with Crippen LogP contribution in [0.3, 0.4) is 0 Å². The molecule has 0 bridgehead atoms. The number of aliphatic carboxylic acids is 1. The number of halogens is 3. The second-order valence-corrected chi connectivity index (χ2v) is 2.87. The molecule has 0 unspecified atom stereocenters. The predicted octanol–water partition coefficient (Wildman–Crippen LogP) is 2.63. The molecule has 5 heteroatoms. The van der Waals surface area contributed by atoms with Crippen LogP contribution in [-0.2, 0) is 4.79 Å². The molecule has 0 saturated heterocycles. The van der Waals surface area contributed by atoms with Crippen molar-refractivity contribution in [2.75, 3.05) is 0 Å². The highest BCUT2D eigenvalue weighted by Crippen LogP contribution is 2.20. The third-order valence-corrected chi connectivity index (χ3v) is 1.77. The molecule has 0 radical (unpaired) electrons. The normalized spacial score (nSPS) is 11.5. The van der Waals surface area contributed by atoms with E-state index < -0.39 is 17.6 Å². The van der Waals surface area contributed by atoms with Crippen molar-refractivity contribution in [2.45, 2.75) is 0 Å². The first-order chi connectivity index (χ1) is 6.50. The summed E-state index contributed by atoms with van der Waals surface area (Å²) in [6, 6.07) is 2.90. The monoisotopic (exact) mass is 218 g/mol. The van der Waals surface area contributed by atoms with Crippen LogP contribution >= 0.6 is 11.6 Å². The Morgan fingerprint density at radius 1 is 1.36 bits per heavy atom. The third kappa shape index (κ3) is 2.53. The first-order valence-corrected chi connectivity index (χ1v) is 3.94. The number of carboxylic acid groups (broad SMARTS) is 1. The van der Waals surface area contributed by atoms with E-state index in [0.717, 1.165) is 12.1 Å². The molecular weight excluding hydrogens is 214 g/mol. The molecule has 1 aromatic rings. The Morgan fingerprint density at radius 2 is 2.00 bits per heavy atom. The van der Waals surface area contributed by atoms with E-state index in [1.165, 1.54) is 6.07 Å². The summed E-state index contributed by atoms with van der Waals surface area (Å²) in [6.07, 6.45) is 0.703. The first kappa shape index (κ1) is 10.7. The Morgan fingerprint density at radius 3 is 2.50 bits per heavy atom. The van der Waals surface area contributed by atoms with Crippen LogP contribution in [0.15, 0.2) is 24.3 Å². The van der Waals surface area contributed by atoms with Crippen molar-refractivity contribution in [1.29, 1.82) is 0 Å². The fourth-order valence-electron chi connectivity index (χ4n) is 0.836. The van der Waals surface area contributed by atoms with E-state index in [-0.39, 0.29) is 10.6 Å². The Kier molecular flexibility index (Phi) is 3.19. The lowest BCUT2D eigenvalue weighted by Gasteiger charge is -1.98. The fraction of sp³-hybridized carbons (Fsp3) is 0. The molecular formula is C9H5ClF2O2. The fourth-order valence-corrected chi connectivity index (χ4v) is 1.05. The summed E-state index contributed by atoms with van der Waals surface area (Å²) in [4.78, 5) is 10.2. The van der Waals surface area contributed by atoms with Crippen molar-refractivity contribution in [3.63, 3.8) is 0 Å². The van der Waals surface area contributed by atoms with Crippen molar-refractivity contribution in [3.8, 4) is 0 Å². The summed E-state index contributed by atoms with van der Waals surface area (Å²) < 4.78 is 25.1. The summed E-state index contributed by atoms with van der Waals surface area (Å²) in [5, 5.41) is 8.18. The Balaban J connectivity index is 3.09. The summed E-state index contributed by atoms with van der Waals surface area (Å²) in [5.41, 5.74) is 0.118. The minimum Gasteiger partial charge on any atom is -0.478 e. The van der Waals surface area contributed by atoms with Crippen molar-refractivity contribution in [1.82, 2.24) is 0 Å². The lowest BCUT2D eigenvalue weighted by Crippen LogP contribution is -1.90. The molecule has 0 amide bonds. The van der Waals surface area contributed by atoms with Crippen LogP contribution in [0, 0.1) is 11.6 Å². The van der Waals surface area contributed by atoms with E-state index in [1.807, 2.05) is 0 Å². The van der Waals surface area contributed by atoms with Gasteiger partial charge in [-0.25, -0.2) is 13.6 Å². The molecule has 0 heterocycles. The van der Waals surface area contributed by atoms with E-state index in [9.17, 15) is 13.6 Å². The van der Waals surface area contributed by atoms with E-state index in [4.69, 9.17) is 16.7 Å². The van der Waals surface area contributed by atoms with Crippen molar-refractivity contribution in [3.05, 3.63) is 41.5 Å². The molecule has 0 aliphatic heterocycles. The van der Waals surface area contributed by atoms with Crippen molar-refractivity contribution >= 4 is 22.6 Å². The summed E-state index contributed by atoms with van der Waals surface area (Å²) in [6.45, 7) is 0. The zero-order valence-corrected chi connectivity index (χ0v) is 7.55. The molecule has 1 rings (SSSR count). The zero-order chi connectivity index (χ0) is 10.7. The molecule has 2 nitrogen and oxygen atoms in total. The van der Waals surface area contributed by atoms with Gasteiger partial charge < -0.3 is 5.11 Å². The topological polar surface area (TPSA) is 37.3 Å². The van der Waals surface area contributed by atoms with Crippen LogP contribution in [0.2, 0.25) is 0 Å². The second-order valence-electron chi connectivity index (χ2n) is 2.46. The lowest BCUT2D eigenvalue weighted by molar-refractivity contribution is -0.131. The molecule has 0 aliphatic carbocycles. The number of benzene rings is 1. The van der Waals surface area contributed by atoms with Crippen LogP contribution in [0.25, 0.3) is 5.03 Å². The molecule has 14 heavy (non-hydrogen) atoms. The molecule has 0 spiro atoms. The second kappa shape index (κ2) is 4.19. The Bertz CT molecular complexity index is 402. The molecule has 74 valence electrons. The minimum absolute atomic E-state index is 0.118. The maximum atomic E-state index is 12.7. The number of hydrogen-bond acceptors (Lipinski definition) is 1. The van der Waals surface area contributed by atoms with Crippen LogP contribution in [-0.4, -0.2) is 11.1 Å². The molecule has 0 saturated carbocycles. The quantitative estimate of drug-likeness (QED) is 0.775. The first-order valence-electron chi connectivity index (χ1n) is 3.56. The van der Waals surface area contributed by atoms with Gasteiger partial charge in [-0.2, -0.15) is 0 Å². The highest BCUT2D eigenvalue weighted by molar-refractivity contribution is 6.50. The number of hydrogen-bond donors (Lipinski definition) is 1. The van der Waals surface area contributed by atoms with Crippen LogP contribution in [0.5, 0.6) is 0 Å². The molecule has 0 atom stereocenters. The maximum absolute atomic E-state index is 12.7. The highest BCUT2D eigenvalue weighted by atomic mass is 35.5. The molecule has 1 aromatic carbocycles. The van der Waals surface area contributed by atoms with Gasteiger partial charge in [-0.3, -0.25) is 0 Å². The highest BCUT2D eigenvalue weighted by Gasteiger charge is 2.05.